The van der Waals surface area contributed by atoms with Crippen LogP contribution in [0.5, 0.6) is 5.75 Å². The van der Waals surface area contributed by atoms with E-state index in [0.717, 1.165) is 34.5 Å². The summed E-state index contributed by atoms with van der Waals surface area (Å²) in [5.41, 5.74) is 5.13. The number of phenolic OH excluding ortho intramolecular Hbond substituents is 1. The van der Waals surface area contributed by atoms with E-state index in [4.69, 9.17) is 19.5 Å². The maximum absolute atomic E-state index is 12.7. The number of benzene rings is 1. The highest BCUT2D eigenvalue weighted by molar-refractivity contribution is 8.13. The van der Waals surface area contributed by atoms with Crippen molar-refractivity contribution in [1.82, 2.24) is 30.2 Å². The second-order valence-corrected chi connectivity index (χ2v) is 18.8. The monoisotopic (exact) mass is 915 g/mol. The number of phenols is 1. The summed E-state index contributed by atoms with van der Waals surface area (Å²) in [6, 6.07) is 6.49. The van der Waals surface area contributed by atoms with Gasteiger partial charge in [-0.15, -0.1) is 0 Å². The van der Waals surface area contributed by atoms with Gasteiger partial charge in [0, 0.05) is 37.1 Å². The minimum atomic E-state index is -5.58. The van der Waals surface area contributed by atoms with Gasteiger partial charge in [0.25, 0.3) is 0 Å². The lowest BCUT2D eigenvalue weighted by Gasteiger charge is -2.30. The zero-order valence-corrected chi connectivity index (χ0v) is 34.7. The van der Waals surface area contributed by atoms with E-state index in [2.05, 4.69) is 34.4 Å². The number of amides is 2. The van der Waals surface area contributed by atoms with Crippen LogP contribution in [0.15, 0.2) is 36.9 Å². The number of aromatic nitrogens is 4. The van der Waals surface area contributed by atoms with Crippen molar-refractivity contribution in [1.29, 1.82) is 0 Å². The third-order valence-electron chi connectivity index (χ3n) is 8.32. The first-order valence-electron chi connectivity index (χ1n) is 17.3. The van der Waals surface area contributed by atoms with Crippen LogP contribution in [0, 0.1) is 5.41 Å². The number of aromatic hydroxyl groups is 1. The molecular formula is C30H44N7O18P3S. The summed E-state index contributed by atoms with van der Waals surface area (Å²) < 4.78 is 62.1. The quantitative estimate of drug-likeness (QED) is 0.0468. The Bertz CT molecular complexity index is 2090. The highest BCUT2D eigenvalue weighted by atomic mass is 32.2. The molecule has 2 amide bonds. The molecule has 0 bridgehead atoms. The fourth-order valence-corrected chi connectivity index (χ4v) is 8.78. The third-order valence-corrected chi connectivity index (χ3v) is 12.4. The van der Waals surface area contributed by atoms with Crippen molar-refractivity contribution in [3.05, 3.63) is 42.5 Å². The maximum atomic E-state index is 12.7. The number of thioether (sulfide) groups is 1. The zero-order chi connectivity index (χ0) is 43.8. The Morgan fingerprint density at radius 3 is 2.36 bits per heavy atom. The molecule has 1 saturated heterocycles. The van der Waals surface area contributed by atoms with Crippen LogP contribution in [0.3, 0.4) is 0 Å². The van der Waals surface area contributed by atoms with Crippen LogP contribution in [0.4, 0.5) is 5.82 Å². The molecule has 0 spiro atoms. The van der Waals surface area contributed by atoms with Gasteiger partial charge in [0.2, 0.25) is 11.8 Å². The van der Waals surface area contributed by atoms with Gasteiger partial charge in [-0.2, -0.15) is 4.31 Å². The van der Waals surface area contributed by atoms with Gasteiger partial charge in [-0.25, -0.2) is 28.6 Å². The maximum Gasteiger partial charge on any atom is 0.481 e. The van der Waals surface area contributed by atoms with Gasteiger partial charge >= 0.3 is 23.5 Å². The molecule has 1 aromatic carbocycles. The van der Waals surface area contributed by atoms with Crippen molar-refractivity contribution < 1.29 is 85.6 Å². The fraction of sp³-hybridized carbons (Fsp3) is 0.533. The number of imidazole rings is 1. The molecule has 7 atom stereocenters. The summed E-state index contributed by atoms with van der Waals surface area (Å²) in [5, 5.41) is 35.6. The first-order valence-corrected chi connectivity index (χ1v) is 22.8. The number of hydrogen-bond donors (Lipinski definition) is 10. The Labute approximate surface area is 339 Å². The lowest BCUT2D eigenvalue weighted by molar-refractivity contribution is -0.137. The highest BCUT2D eigenvalue weighted by Gasteiger charge is 2.50. The summed E-state index contributed by atoms with van der Waals surface area (Å²) in [6.07, 6.45) is -6.22. The molecule has 2 aromatic heterocycles. The van der Waals surface area contributed by atoms with Crippen LogP contribution in [0.1, 0.15) is 38.5 Å². The number of aliphatic hydroxyl groups excluding tert-OH is 2. The number of phosphoric acid groups is 3. The van der Waals surface area contributed by atoms with Gasteiger partial charge in [0.05, 0.1) is 19.5 Å². The second kappa shape index (κ2) is 20.4. The van der Waals surface area contributed by atoms with E-state index >= 15 is 0 Å². The molecule has 1 aliphatic rings. The molecule has 0 aliphatic carbocycles. The van der Waals surface area contributed by atoms with E-state index in [1.807, 2.05) is 0 Å². The highest BCUT2D eigenvalue weighted by Crippen LogP contribution is 2.61. The number of hydrogen-bond acceptors (Lipinski definition) is 19. The number of anilines is 1. The van der Waals surface area contributed by atoms with Crippen LogP contribution in [-0.4, -0.2) is 128 Å². The van der Waals surface area contributed by atoms with Crippen molar-refractivity contribution in [2.45, 2.75) is 63.8 Å². The van der Waals surface area contributed by atoms with Crippen molar-refractivity contribution >= 4 is 69.1 Å². The predicted octanol–water partition coefficient (Wildman–Crippen LogP) is 0.00310. The Morgan fingerprint density at radius 1 is 1.00 bits per heavy atom. The van der Waals surface area contributed by atoms with Crippen molar-refractivity contribution in [2.75, 3.05) is 37.8 Å². The summed E-state index contributed by atoms with van der Waals surface area (Å²) in [7, 11) is -16.4. The minimum Gasteiger partial charge on any atom is -0.508 e. The smallest absolute Gasteiger partial charge is 0.481 e. The van der Waals surface area contributed by atoms with Crippen LogP contribution < -0.4 is 16.4 Å². The van der Waals surface area contributed by atoms with Crippen molar-refractivity contribution in [2.24, 2.45) is 5.41 Å². The summed E-state index contributed by atoms with van der Waals surface area (Å²) in [6.45, 7) is 0.407. The normalized spacial score (nSPS) is 21.1. The Kier molecular flexibility index (Phi) is 16.7. The molecule has 4 rings (SSSR count). The molecule has 29 heteroatoms. The van der Waals surface area contributed by atoms with Crippen molar-refractivity contribution in [3.8, 4) is 5.75 Å². The molecule has 3 unspecified atom stereocenters. The van der Waals surface area contributed by atoms with E-state index in [-0.39, 0.29) is 53.8 Å². The summed E-state index contributed by atoms with van der Waals surface area (Å²) in [4.78, 5) is 87.8. The van der Waals surface area contributed by atoms with Gasteiger partial charge < -0.3 is 56.0 Å². The number of nitrogen functional groups attached to an aromatic ring is 1. The molecule has 59 heavy (non-hydrogen) atoms. The lowest BCUT2D eigenvalue weighted by Crippen LogP contribution is -2.46. The third kappa shape index (κ3) is 14.6. The van der Waals surface area contributed by atoms with Crippen LogP contribution in [0.25, 0.3) is 11.2 Å². The Balaban J connectivity index is 1.19. The molecule has 3 aromatic rings. The number of phosphoric ester groups is 3. The second-order valence-electron chi connectivity index (χ2n) is 13.5. The van der Waals surface area contributed by atoms with E-state index < -0.39 is 84.6 Å². The number of carbonyl (C=O) groups excluding carboxylic acids is 3. The average Bonchev–Trinajstić information content (AvgIpc) is 3.71. The molecule has 1 aliphatic heterocycles. The molecule has 3 heterocycles. The van der Waals surface area contributed by atoms with Gasteiger partial charge in [-0.05, 0) is 24.1 Å². The minimum absolute atomic E-state index is 0.0259. The van der Waals surface area contributed by atoms with Gasteiger partial charge in [0.1, 0.15) is 42.0 Å². The number of nitrogens with zero attached hydrogens (tertiary/aromatic N) is 4. The first kappa shape index (κ1) is 48.2. The largest absolute Gasteiger partial charge is 0.508 e. The first-order chi connectivity index (χ1) is 27.5. The molecule has 1 fully saturated rings. The number of aryl methyl sites for hydroxylation is 1. The standard InChI is InChI=1S/C30H44N7O18P3S/c1-30(2,25(42)28(43)33-10-9-20(39)32-11-12-59-21(40)8-5-17-3-6-18(38)7-4-17)14-52-58(49,50)55-57(47,48)51-13-19-24(54-56(44,45)46)23(41)29(53-19)37-16-36-22-26(31)34-15-35-27(22)37/h3-4,6-7,15-16,19,23-25,29,38,41-42H,5,8-14H2,1-2H3,(H,32,39)(H,33,43)(H,47,48)(H,49,50)(H2,31,34,35)(H2,44,45,46)/t19-,23-,24-,25?,29-/m1/s1. The van der Waals surface area contributed by atoms with Gasteiger partial charge in [-0.1, -0.05) is 37.7 Å². The number of fused-ring (bicyclic) bond motifs is 1. The number of nitrogens with one attached hydrogen (secondary N) is 2. The van der Waals surface area contributed by atoms with Crippen LogP contribution in [0.2, 0.25) is 0 Å². The fourth-order valence-electron chi connectivity index (χ4n) is 5.28. The van der Waals surface area contributed by atoms with Crippen LogP contribution >= 0.6 is 35.2 Å². The molecule has 11 N–H and O–H groups in total. The number of aliphatic hydroxyl groups is 2. The van der Waals surface area contributed by atoms with E-state index in [1.54, 1.807) is 12.1 Å². The summed E-state index contributed by atoms with van der Waals surface area (Å²) >= 11 is 1.04. The van der Waals surface area contributed by atoms with E-state index in [0.29, 0.717) is 12.2 Å². The van der Waals surface area contributed by atoms with Crippen LogP contribution in [-0.2, 0) is 57.1 Å². The zero-order valence-electron chi connectivity index (χ0n) is 31.2. The topological polar surface area (TPSA) is 384 Å². The number of ether oxygens (including phenoxy) is 1. The van der Waals surface area contributed by atoms with E-state index in [1.165, 1.54) is 26.0 Å². The van der Waals surface area contributed by atoms with Gasteiger partial charge in [0.15, 0.2) is 22.8 Å². The summed E-state index contributed by atoms with van der Waals surface area (Å²) in [5.74, 6) is -1.06. The van der Waals surface area contributed by atoms with E-state index in [9.17, 15) is 63.0 Å². The number of nitrogens with two attached hydrogens (primary N) is 1. The Hall–Kier alpha value is -3.42. The number of rotatable bonds is 22. The molecule has 0 saturated carbocycles. The molecule has 25 nitrogen and oxygen atoms in total. The molecular weight excluding hydrogens is 871 g/mol. The molecule has 0 radical (unpaired) electrons. The molecule has 328 valence electrons. The lowest BCUT2D eigenvalue weighted by atomic mass is 9.87. The average molecular weight is 916 g/mol. The van der Waals surface area contributed by atoms with Crippen molar-refractivity contribution in [3.63, 3.8) is 0 Å². The predicted molar refractivity (Wildman–Crippen MR) is 204 cm³/mol. The SMILES string of the molecule is CC(C)(COP(=O)(O)OP(=O)(O)OC[C@H]1O[C@@H](n2cnc3c(N)ncnc32)[C@H](O)[C@@H]1OP(=O)(O)O)C(O)C(=O)NCCC(=O)NCCSC(=O)CCc1ccc(O)cc1. The Morgan fingerprint density at radius 2 is 1.68 bits per heavy atom. The number of carbonyl (C=O) groups is 3. The van der Waals surface area contributed by atoms with Gasteiger partial charge in [-0.3, -0.25) is 32.5 Å².